The number of carbonyl (C=O) groups is 2. The van der Waals surface area contributed by atoms with E-state index in [-0.39, 0.29) is 5.82 Å². The first-order chi connectivity index (χ1) is 15.9. The zero-order valence-corrected chi connectivity index (χ0v) is 18.5. The Kier molecular flexibility index (Phi) is 7.80. The molecule has 0 radical (unpaired) electrons. The van der Waals surface area contributed by atoms with E-state index in [9.17, 15) is 14.0 Å². The van der Waals surface area contributed by atoms with Gasteiger partial charge in [0.15, 0.2) is 18.1 Å². The largest absolute Gasteiger partial charge is 0.493 e. The van der Waals surface area contributed by atoms with E-state index >= 15 is 0 Å². The van der Waals surface area contributed by atoms with Gasteiger partial charge < -0.3 is 19.5 Å². The Morgan fingerprint density at radius 2 is 1.88 bits per heavy atom. The highest BCUT2D eigenvalue weighted by Gasteiger charge is 2.12. The molecule has 0 atom stereocenters. The van der Waals surface area contributed by atoms with Gasteiger partial charge in [0.1, 0.15) is 11.6 Å². The lowest BCUT2D eigenvalue weighted by Crippen LogP contribution is -2.21. The van der Waals surface area contributed by atoms with E-state index in [0.717, 1.165) is 0 Å². The van der Waals surface area contributed by atoms with Crippen molar-refractivity contribution >= 4 is 23.8 Å². The molecule has 0 saturated carbocycles. The SMILES string of the molecule is CCOc1ccc(/C=C/C(=O)OCC(=O)Nc2cc(C)nn2-c2ccc(F)cc2)cc1OC. The van der Waals surface area contributed by atoms with Crippen LogP contribution in [0.2, 0.25) is 0 Å². The molecule has 0 aliphatic carbocycles. The monoisotopic (exact) mass is 453 g/mol. The van der Waals surface area contributed by atoms with Crippen LogP contribution in [0.3, 0.4) is 0 Å². The smallest absolute Gasteiger partial charge is 0.331 e. The number of rotatable bonds is 9. The number of aromatic nitrogens is 2. The highest BCUT2D eigenvalue weighted by molar-refractivity contribution is 5.94. The maximum Gasteiger partial charge on any atom is 0.331 e. The number of anilines is 1. The number of nitrogens with one attached hydrogen (secondary N) is 1. The quantitative estimate of drug-likeness (QED) is 0.390. The van der Waals surface area contributed by atoms with Crippen molar-refractivity contribution in [2.75, 3.05) is 25.6 Å². The Bertz CT molecular complexity index is 1160. The van der Waals surface area contributed by atoms with Gasteiger partial charge in [-0.05, 0) is 61.9 Å². The van der Waals surface area contributed by atoms with E-state index in [4.69, 9.17) is 14.2 Å². The number of carbonyl (C=O) groups excluding carboxylic acids is 2. The molecule has 33 heavy (non-hydrogen) atoms. The number of hydrogen-bond acceptors (Lipinski definition) is 6. The standard InChI is InChI=1S/C24H24FN3O5/c1-4-32-20-11-5-17(14-21(20)31-3)6-12-24(30)33-15-23(29)26-22-13-16(2)27-28(22)19-9-7-18(25)8-10-19/h5-14H,4,15H2,1-3H3,(H,26,29)/b12-6+. The van der Waals surface area contributed by atoms with Crippen LogP contribution in [0.4, 0.5) is 10.2 Å². The molecule has 0 bridgehead atoms. The first-order valence-electron chi connectivity index (χ1n) is 10.2. The van der Waals surface area contributed by atoms with Crippen LogP contribution in [0.25, 0.3) is 11.8 Å². The van der Waals surface area contributed by atoms with Gasteiger partial charge in [-0.3, -0.25) is 4.79 Å². The van der Waals surface area contributed by atoms with Gasteiger partial charge in [-0.25, -0.2) is 13.9 Å². The normalized spacial score (nSPS) is 10.8. The van der Waals surface area contributed by atoms with Gasteiger partial charge in [-0.15, -0.1) is 0 Å². The summed E-state index contributed by atoms with van der Waals surface area (Å²) in [6.07, 6.45) is 2.76. The third-order valence-corrected chi connectivity index (χ3v) is 4.42. The molecule has 1 amide bonds. The summed E-state index contributed by atoms with van der Waals surface area (Å²) in [5.74, 6) is -0.0793. The number of ether oxygens (including phenoxy) is 3. The topological polar surface area (TPSA) is 91.7 Å². The number of halogens is 1. The number of hydrogen-bond donors (Lipinski definition) is 1. The summed E-state index contributed by atoms with van der Waals surface area (Å²) >= 11 is 0. The Hall–Kier alpha value is -4.14. The second kappa shape index (κ2) is 10.9. The summed E-state index contributed by atoms with van der Waals surface area (Å²) in [5.41, 5.74) is 1.93. The van der Waals surface area contributed by atoms with Crippen molar-refractivity contribution in [1.82, 2.24) is 9.78 Å². The van der Waals surface area contributed by atoms with Crippen LogP contribution < -0.4 is 14.8 Å². The Morgan fingerprint density at radius 3 is 2.58 bits per heavy atom. The van der Waals surface area contributed by atoms with E-state index in [0.29, 0.717) is 40.9 Å². The molecule has 0 fully saturated rings. The molecule has 0 unspecified atom stereocenters. The first kappa shape index (κ1) is 23.5. The summed E-state index contributed by atoms with van der Waals surface area (Å²) in [6, 6.07) is 12.6. The maximum atomic E-state index is 13.2. The summed E-state index contributed by atoms with van der Waals surface area (Å²) < 4.78 is 30.4. The molecule has 1 heterocycles. The third kappa shape index (κ3) is 6.42. The molecule has 0 aliphatic heterocycles. The Morgan fingerprint density at radius 1 is 1.12 bits per heavy atom. The summed E-state index contributed by atoms with van der Waals surface area (Å²) in [5, 5.41) is 6.94. The van der Waals surface area contributed by atoms with Crippen LogP contribution in [0.15, 0.2) is 54.6 Å². The maximum absolute atomic E-state index is 13.2. The van der Waals surface area contributed by atoms with Gasteiger partial charge in [0, 0.05) is 12.1 Å². The molecule has 9 heteroatoms. The van der Waals surface area contributed by atoms with Crippen molar-refractivity contribution in [1.29, 1.82) is 0 Å². The number of benzene rings is 2. The predicted octanol–water partition coefficient (Wildman–Crippen LogP) is 3.92. The van der Waals surface area contributed by atoms with E-state index in [1.165, 1.54) is 42.1 Å². The molecule has 1 aromatic heterocycles. The number of methoxy groups -OCH3 is 1. The summed E-state index contributed by atoms with van der Waals surface area (Å²) in [6.45, 7) is 3.65. The van der Waals surface area contributed by atoms with Gasteiger partial charge in [0.05, 0.1) is 25.1 Å². The molecule has 3 rings (SSSR count). The van der Waals surface area contributed by atoms with Gasteiger partial charge in [0.2, 0.25) is 0 Å². The fraction of sp³-hybridized carbons (Fsp3) is 0.208. The number of aryl methyl sites for hydroxylation is 1. The summed E-state index contributed by atoms with van der Waals surface area (Å²) in [4.78, 5) is 24.3. The van der Waals surface area contributed by atoms with Crippen molar-refractivity contribution in [3.8, 4) is 17.2 Å². The van der Waals surface area contributed by atoms with Crippen LogP contribution in [-0.4, -0.2) is 42.0 Å². The van der Waals surface area contributed by atoms with Crippen LogP contribution in [-0.2, 0) is 14.3 Å². The van der Waals surface area contributed by atoms with Crippen molar-refractivity contribution < 1.29 is 28.2 Å². The zero-order valence-electron chi connectivity index (χ0n) is 18.5. The van der Waals surface area contributed by atoms with Crippen molar-refractivity contribution in [3.05, 3.63) is 71.7 Å². The van der Waals surface area contributed by atoms with E-state index in [1.807, 2.05) is 6.92 Å². The minimum absolute atomic E-state index is 0.372. The molecule has 0 aliphatic rings. The number of amides is 1. The van der Waals surface area contributed by atoms with Gasteiger partial charge >= 0.3 is 5.97 Å². The molecular weight excluding hydrogens is 429 g/mol. The predicted molar refractivity (Wildman–Crippen MR) is 121 cm³/mol. The minimum Gasteiger partial charge on any atom is -0.493 e. The Balaban J connectivity index is 1.57. The second-order valence-electron chi connectivity index (χ2n) is 6.89. The van der Waals surface area contributed by atoms with Crippen molar-refractivity contribution in [3.63, 3.8) is 0 Å². The lowest BCUT2D eigenvalue weighted by Gasteiger charge is -2.09. The lowest BCUT2D eigenvalue weighted by molar-refractivity contribution is -0.142. The molecule has 1 N–H and O–H groups in total. The van der Waals surface area contributed by atoms with Gasteiger partial charge in [-0.2, -0.15) is 5.10 Å². The summed E-state index contributed by atoms with van der Waals surface area (Å²) in [7, 11) is 1.53. The number of nitrogens with zero attached hydrogens (tertiary/aromatic N) is 2. The molecular formula is C24H24FN3O5. The van der Waals surface area contributed by atoms with E-state index in [1.54, 1.807) is 37.3 Å². The first-order valence-corrected chi connectivity index (χ1v) is 10.2. The molecule has 2 aromatic carbocycles. The average molecular weight is 453 g/mol. The fourth-order valence-corrected chi connectivity index (χ4v) is 2.96. The van der Waals surface area contributed by atoms with Crippen LogP contribution in [0.1, 0.15) is 18.2 Å². The van der Waals surface area contributed by atoms with Crippen LogP contribution in [0.5, 0.6) is 11.5 Å². The second-order valence-corrected chi connectivity index (χ2v) is 6.89. The molecule has 8 nitrogen and oxygen atoms in total. The lowest BCUT2D eigenvalue weighted by atomic mass is 10.2. The molecule has 0 saturated heterocycles. The minimum atomic E-state index is -0.679. The third-order valence-electron chi connectivity index (χ3n) is 4.42. The van der Waals surface area contributed by atoms with Crippen LogP contribution in [0, 0.1) is 12.7 Å². The highest BCUT2D eigenvalue weighted by atomic mass is 19.1. The van der Waals surface area contributed by atoms with Gasteiger partial charge in [0.25, 0.3) is 5.91 Å². The number of esters is 1. The van der Waals surface area contributed by atoms with Crippen molar-refractivity contribution in [2.45, 2.75) is 13.8 Å². The van der Waals surface area contributed by atoms with Crippen LogP contribution >= 0.6 is 0 Å². The highest BCUT2D eigenvalue weighted by Crippen LogP contribution is 2.28. The fourth-order valence-electron chi connectivity index (χ4n) is 2.96. The zero-order chi connectivity index (χ0) is 23.8. The van der Waals surface area contributed by atoms with E-state index < -0.39 is 18.5 Å². The van der Waals surface area contributed by atoms with Crippen molar-refractivity contribution in [2.24, 2.45) is 0 Å². The molecule has 3 aromatic rings. The van der Waals surface area contributed by atoms with Gasteiger partial charge in [-0.1, -0.05) is 6.07 Å². The van der Waals surface area contributed by atoms with E-state index in [2.05, 4.69) is 10.4 Å². The molecule has 172 valence electrons. The average Bonchev–Trinajstić information content (AvgIpc) is 3.17. The Labute approximate surface area is 190 Å². The molecule has 0 spiro atoms.